The molecule has 1 saturated heterocycles. The lowest BCUT2D eigenvalue weighted by molar-refractivity contribution is -0.157. The van der Waals surface area contributed by atoms with Gasteiger partial charge in [0.1, 0.15) is 21.5 Å². The summed E-state index contributed by atoms with van der Waals surface area (Å²) in [6, 6.07) is 8.55. The predicted molar refractivity (Wildman–Crippen MR) is 159 cm³/mol. The van der Waals surface area contributed by atoms with Crippen LogP contribution in [0.25, 0.3) is 0 Å². The average molecular weight is 720 g/mol. The average Bonchev–Trinajstić information content (AvgIpc) is 3.33. The number of amides is 3. The van der Waals surface area contributed by atoms with Crippen LogP contribution in [0.5, 0.6) is 5.75 Å². The number of methoxy groups -OCH3 is 1. The molecule has 0 N–H and O–H groups in total. The zero-order valence-corrected chi connectivity index (χ0v) is 26.8. The number of carbonyl (C=O) groups excluding carboxylic acids is 4. The zero-order chi connectivity index (χ0) is 30.4. The number of imide groups is 1. The highest BCUT2D eigenvalue weighted by atomic mass is 35.5. The minimum absolute atomic E-state index is 0.0249. The lowest BCUT2D eigenvalue weighted by Gasteiger charge is -2.38. The Morgan fingerprint density at radius 3 is 1.78 bits per heavy atom. The Labute approximate surface area is 274 Å². The molecule has 2 fully saturated rings. The van der Waals surface area contributed by atoms with Gasteiger partial charge in [0.25, 0.3) is 17.7 Å². The lowest BCUT2D eigenvalue weighted by atomic mass is 9.84. The second kappa shape index (κ2) is 10.3. The Morgan fingerprint density at radius 1 is 0.829 bits per heavy atom. The van der Waals surface area contributed by atoms with E-state index in [0.29, 0.717) is 10.8 Å². The predicted octanol–water partition coefficient (Wildman–Crippen LogP) is 7.08. The van der Waals surface area contributed by atoms with Crippen molar-refractivity contribution in [2.45, 2.75) is 27.0 Å². The van der Waals surface area contributed by atoms with Crippen molar-refractivity contribution in [1.29, 1.82) is 0 Å². The molecule has 3 aliphatic rings. The first kappa shape index (κ1) is 31.0. The Morgan fingerprint density at radius 2 is 1.32 bits per heavy atom. The first-order valence-corrected chi connectivity index (χ1v) is 14.8. The quantitative estimate of drug-likeness (QED) is 0.181. The lowest BCUT2D eigenvalue weighted by Crippen LogP contribution is -2.59. The van der Waals surface area contributed by atoms with Gasteiger partial charge in [-0.25, -0.2) is 5.01 Å². The number of carbonyl (C=O) groups is 4. The molecule has 3 amide bonds. The van der Waals surface area contributed by atoms with Crippen LogP contribution < -0.4 is 4.74 Å². The minimum Gasteiger partial charge on any atom is -0.497 e. The normalized spacial score (nSPS) is 28.7. The maximum absolute atomic E-state index is 14.1. The Hall–Kier alpha value is -1.42. The zero-order valence-electron chi connectivity index (χ0n) is 20.7. The van der Waals surface area contributed by atoms with E-state index in [1.165, 1.54) is 44.4 Å². The summed E-state index contributed by atoms with van der Waals surface area (Å²) in [4.78, 5) is 51.6. The number of Topliss-reactive ketones (excluding diaryl/α,β-unsaturated/α-hetero) is 1. The summed E-state index contributed by atoms with van der Waals surface area (Å²) >= 11 is 51.7. The molecule has 2 bridgehead atoms. The number of ketones is 1. The van der Waals surface area contributed by atoms with E-state index in [-0.39, 0.29) is 31.2 Å². The second-order valence-corrected chi connectivity index (χ2v) is 13.7. The van der Waals surface area contributed by atoms with Crippen molar-refractivity contribution in [3.63, 3.8) is 0 Å². The van der Waals surface area contributed by atoms with E-state index >= 15 is 0 Å². The first-order valence-electron chi connectivity index (χ1n) is 11.7. The van der Waals surface area contributed by atoms with Crippen LogP contribution in [-0.4, -0.2) is 60.8 Å². The fourth-order valence-electron chi connectivity index (χ4n) is 5.50. The number of fused-ring (bicyclic) bond motifs is 5. The Kier molecular flexibility index (Phi) is 7.82. The molecule has 41 heavy (non-hydrogen) atoms. The molecule has 2 aromatic carbocycles. The van der Waals surface area contributed by atoms with Crippen molar-refractivity contribution in [2.75, 3.05) is 7.11 Å². The molecule has 2 aromatic rings. The molecular formula is C26H16Cl8N2O5. The van der Waals surface area contributed by atoms with Crippen molar-refractivity contribution >= 4 is 116 Å². The van der Waals surface area contributed by atoms with Crippen molar-refractivity contribution in [3.05, 3.63) is 73.7 Å². The number of rotatable bonds is 6. The highest BCUT2D eigenvalue weighted by Crippen LogP contribution is 2.77. The van der Waals surface area contributed by atoms with Gasteiger partial charge in [-0.2, -0.15) is 5.01 Å². The number of benzene rings is 2. The van der Waals surface area contributed by atoms with Gasteiger partial charge in [-0.1, -0.05) is 69.6 Å². The third kappa shape index (κ3) is 4.00. The molecule has 2 aliphatic carbocycles. The topological polar surface area (TPSA) is 84.0 Å². The molecule has 216 valence electrons. The number of halogens is 8. The third-order valence-electron chi connectivity index (χ3n) is 7.60. The van der Waals surface area contributed by atoms with E-state index in [1.807, 2.05) is 0 Å². The van der Waals surface area contributed by atoms with E-state index in [4.69, 9.17) is 97.5 Å². The Bertz CT molecular complexity index is 1520. The number of allylic oxidation sites excluding steroid dienone is 2. The summed E-state index contributed by atoms with van der Waals surface area (Å²) in [5.41, 5.74) is 0.0920. The maximum atomic E-state index is 14.1. The summed E-state index contributed by atoms with van der Waals surface area (Å²) in [6.45, 7) is 1.35. The van der Waals surface area contributed by atoms with Gasteiger partial charge in [-0.3, -0.25) is 19.2 Å². The van der Waals surface area contributed by atoms with Crippen molar-refractivity contribution in [3.8, 4) is 5.75 Å². The van der Waals surface area contributed by atoms with Crippen LogP contribution in [0.15, 0.2) is 52.5 Å². The standard InChI is InChI=1S/C26H16Cl8N2O5/c1-10(18(37)11-3-6-13(41-2)7-4-11)35(21(38)12-5-8-14(27)15(28)9-12)36-22(39)16-17(23(36)40)25(32)20(30)19(29)24(16,31)26(25,33)34/h3-10,16-17H,1-2H3/t10-,16-,17-,24+,25+/m0/s1. The monoisotopic (exact) mass is 716 g/mol. The van der Waals surface area contributed by atoms with E-state index in [9.17, 15) is 19.2 Å². The van der Waals surface area contributed by atoms with Crippen LogP contribution in [0, 0.1) is 11.8 Å². The fourth-order valence-corrected chi connectivity index (χ4v) is 8.73. The molecule has 0 unspecified atom stereocenters. The highest BCUT2D eigenvalue weighted by molar-refractivity contribution is 6.66. The molecule has 5 atom stereocenters. The van der Waals surface area contributed by atoms with Gasteiger partial charge in [-0.05, 0) is 49.4 Å². The second-order valence-electron chi connectivity index (χ2n) is 9.62. The van der Waals surface area contributed by atoms with Crippen molar-refractivity contribution in [2.24, 2.45) is 11.8 Å². The SMILES string of the molecule is COc1ccc(C(=O)[C@H](C)N(C(=O)c2ccc(Cl)c(Cl)c2)N2C(=O)[C@@H]3[C@@H](C2=O)[C@@]2(Cl)C(Cl)=C(Cl)[C@@]3(Cl)C2(Cl)Cl)cc1. The van der Waals surface area contributed by atoms with Gasteiger partial charge in [0.15, 0.2) is 10.1 Å². The molecule has 5 rings (SSSR count). The number of hydrazine groups is 1. The third-order valence-corrected chi connectivity index (χ3v) is 12.6. The summed E-state index contributed by atoms with van der Waals surface area (Å²) in [7, 11) is 1.46. The molecule has 15 heteroatoms. The number of ether oxygens (including phenoxy) is 1. The van der Waals surface area contributed by atoms with Gasteiger partial charge in [-0.15, -0.1) is 23.2 Å². The summed E-state index contributed by atoms with van der Waals surface area (Å²) in [6.07, 6.45) is 0. The molecule has 0 spiro atoms. The smallest absolute Gasteiger partial charge is 0.273 e. The summed E-state index contributed by atoms with van der Waals surface area (Å²) < 4.78 is 2.96. The number of alkyl halides is 4. The number of nitrogens with zero attached hydrogens (tertiary/aromatic N) is 2. The van der Waals surface area contributed by atoms with E-state index in [1.54, 1.807) is 12.1 Å². The van der Waals surface area contributed by atoms with Crippen LogP contribution in [0.1, 0.15) is 27.6 Å². The molecule has 0 radical (unpaired) electrons. The number of hydrogen-bond acceptors (Lipinski definition) is 5. The molecule has 1 heterocycles. The van der Waals surface area contributed by atoms with E-state index < -0.39 is 55.5 Å². The van der Waals surface area contributed by atoms with Gasteiger partial charge >= 0.3 is 0 Å². The van der Waals surface area contributed by atoms with Crippen LogP contribution in [0.4, 0.5) is 0 Å². The largest absolute Gasteiger partial charge is 0.497 e. The summed E-state index contributed by atoms with van der Waals surface area (Å²) in [5.74, 6) is -6.11. The van der Waals surface area contributed by atoms with Crippen molar-refractivity contribution < 1.29 is 23.9 Å². The Balaban J connectivity index is 1.63. The number of hydrogen-bond donors (Lipinski definition) is 0. The highest BCUT2D eigenvalue weighted by Gasteiger charge is 2.88. The molecule has 7 nitrogen and oxygen atoms in total. The van der Waals surface area contributed by atoms with Gasteiger partial charge in [0.2, 0.25) is 0 Å². The van der Waals surface area contributed by atoms with E-state index in [0.717, 1.165) is 5.01 Å². The minimum atomic E-state index is -2.17. The molecule has 1 saturated carbocycles. The van der Waals surface area contributed by atoms with Crippen LogP contribution >= 0.6 is 92.8 Å². The van der Waals surface area contributed by atoms with Gasteiger partial charge < -0.3 is 4.74 Å². The van der Waals surface area contributed by atoms with E-state index in [2.05, 4.69) is 0 Å². The maximum Gasteiger partial charge on any atom is 0.273 e. The van der Waals surface area contributed by atoms with Crippen LogP contribution in [-0.2, 0) is 9.59 Å². The van der Waals surface area contributed by atoms with Gasteiger partial charge in [0.05, 0.1) is 39.1 Å². The molecule has 1 aliphatic heterocycles. The van der Waals surface area contributed by atoms with Crippen LogP contribution in [0.3, 0.4) is 0 Å². The first-order chi connectivity index (χ1) is 19.1. The molecule has 0 aromatic heterocycles. The van der Waals surface area contributed by atoms with Gasteiger partial charge in [0, 0.05) is 11.1 Å². The van der Waals surface area contributed by atoms with Crippen LogP contribution in [0.2, 0.25) is 10.0 Å². The fraction of sp³-hybridized carbons (Fsp3) is 0.308. The van der Waals surface area contributed by atoms with Crippen molar-refractivity contribution in [1.82, 2.24) is 10.0 Å². The summed E-state index contributed by atoms with van der Waals surface area (Å²) in [5, 5.41) is 0.839. The molecular weight excluding hydrogens is 704 g/mol.